The van der Waals surface area contributed by atoms with Gasteiger partial charge in [0.05, 0.1) is 0 Å². The summed E-state index contributed by atoms with van der Waals surface area (Å²) in [6, 6.07) is 11.1. The molecular weight excluding hydrogens is 272 g/mol. The van der Waals surface area contributed by atoms with Crippen LogP contribution in [0.3, 0.4) is 0 Å². The molecule has 0 amide bonds. The third-order valence-corrected chi connectivity index (χ3v) is 4.13. The van der Waals surface area contributed by atoms with E-state index in [9.17, 15) is 8.42 Å². The first-order valence-electron chi connectivity index (χ1n) is 6.33. The molecule has 20 heavy (non-hydrogen) atoms. The van der Waals surface area contributed by atoms with Crippen LogP contribution in [0.4, 0.5) is 0 Å². The average molecular weight is 290 g/mol. The zero-order valence-corrected chi connectivity index (χ0v) is 12.9. The zero-order valence-electron chi connectivity index (χ0n) is 12.1. The largest absolute Gasteiger partial charge is 0.456 e. The summed E-state index contributed by atoms with van der Waals surface area (Å²) in [5.74, 6) is 1.04. The van der Waals surface area contributed by atoms with Crippen LogP contribution in [-0.2, 0) is 9.84 Å². The molecule has 0 fully saturated rings. The molecule has 0 heterocycles. The normalized spacial score (nSPS) is 11.4. The minimum Gasteiger partial charge on any atom is -0.456 e. The van der Waals surface area contributed by atoms with Gasteiger partial charge in [-0.25, -0.2) is 8.42 Å². The van der Waals surface area contributed by atoms with Gasteiger partial charge in [0.2, 0.25) is 0 Å². The lowest BCUT2D eigenvalue weighted by Crippen LogP contribution is -2.02. The standard InChI is InChI=1S/C16H18O3S/c1-11-5-7-14(8-6-11)19-16-13(3)9-12(2)10-15(16)20(4,17)18/h5-10H,1-4H3. The van der Waals surface area contributed by atoms with E-state index in [4.69, 9.17) is 4.74 Å². The number of aryl methyl sites for hydroxylation is 3. The monoisotopic (exact) mass is 290 g/mol. The van der Waals surface area contributed by atoms with E-state index in [1.165, 1.54) is 6.26 Å². The molecule has 0 N–H and O–H groups in total. The van der Waals surface area contributed by atoms with Crippen LogP contribution in [0.5, 0.6) is 11.5 Å². The summed E-state index contributed by atoms with van der Waals surface area (Å²) >= 11 is 0. The first-order chi connectivity index (χ1) is 9.27. The van der Waals surface area contributed by atoms with Gasteiger partial charge in [0.15, 0.2) is 9.84 Å². The molecule has 3 nitrogen and oxygen atoms in total. The third kappa shape index (κ3) is 3.20. The maximum absolute atomic E-state index is 11.9. The second kappa shape index (κ2) is 5.29. The topological polar surface area (TPSA) is 43.4 Å². The van der Waals surface area contributed by atoms with Crippen LogP contribution in [0.25, 0.3) is 0 Å². The van der Waals surface area contributed by atoms with Crippen LogP contribution in [-0.4, -0.2) is 14.7 Å². The van der Waals surface area contributed by atoms with Crippen molar-refractivity contribution in [3.05, 3.63) is 53.1 Å². The lowest BCUT2D eigenvalue weighted by atomic mass is 10.1. The van der Waals surface area contributed by atoms with E-state index in [1.807, 2.05) is 51.1 Å². The highest BCUT2D eigenvalue weighted by molar-refractivity contribution is 7.90. The van der Waals surface area contributed by atoms with E-state index in [-0.39, 0.29) is 4.90 Å². The SMILES string of the molecule is Cc1ccc(Oc2c(C)cc(C)cc2S(C)(=O)=O)cc1. The van der Waals surface area contributed by atoms with Crippen LogP contribution in [0.15, 0.2) is 41.3 Å². The highest BCUT2D eigenvalue weighted by Gasteiger charge is 2.18. The third-order valence-electron chi connectivity index (χ3n) is 3.03. The van der Waals surface area contributed by atoms with Crippen molar-refractivity contribution in [2.24, 2.45) is 0 Å². The van der Waals surface area contributed by atoms with Crippen molar-refractivity contribution in [3.63, 3.8) is 0 Å². The van der Waals surface area contributed by atoms with Crippen molar-refractivity contribution in [1.82, 2.24) is 0 Å². The number of benzene rings is 2. The Morgan fingerprint density at radius 3 is 2.05 bits per heavy atom. The number of hydrogen-bond donors (Lipinski definition) is 0. The summed E-state index contributed by atoms with van der Waals surface area (Å²) < 4.78 is 29.6. The molecule has 0 radical (unpaired) electrons. The number of sulfone groups is 1. The van der Waals surface area contributed by atoms with Crippen molar-refractivity contribution in [1.29, 1.82) is 0 Å². The molecule has 0 unspecified atom stereocenters. The molecule has 0 atom stereocenters. The molecule has 4 heteroatoms. The first-order valence-corrected chi connectivity index (χ1v) is 8.22. The van der Waals surface area contributed by atoms with Crippen molar-refractivity contribution in [2.45, 2.75) is 25.7 Å². The van der Waals surface area contributed by atoms with Gasteiger partial charge in [-0.1, -0.05) is 23.8 Å². The maximum atomic E-state index is 11.9. The Balaban J connectivity index is 2.53. The molecule has 0 saturated carbocycles. The maximum Gasteiger partial charge on any atom is 0.179 e. The summed E-state index contributed by atoms with van der Waals surface area (Å²) in [6.07, 6.45) is 1.20. The molecule has 2 aromatic rings. The van der Waals surface area contributed by atoms with Gasteiger partial charge in [0.1, 0.15) is 16.4 Å². The minimum atomic E-state index is -3.33. The van der Waals surface area contributed by atoms with E-state index >= 15 is 0 Å². The van der Waals surface area contributed by atoms with Crippen molar-refractivity contribution in [3.8, 4) is 11.5 Å². The highest BCUT2D eigenvalue weighted by atomic mass is 32.2. The minimum absolute atomic E-state index is 0.232. The second-order valence-electron chi connectivity index (χ2n) is 5.10. The molecule has 0 aliphatic carbocycles. The molecule has 0 aromatic heterocycles. The van der Waals surface area contributed by atoms with Crippen LogP contribution in [0.2, 0.25) is 0 Å². The van der Waals surface area contributed by atoms with E-state index in [0.29, 0.717) is 11.5 Å². The van der Waals surface area contributed by atoms with Gasteiger partial charge in [-0.15, -0.1) is 0 Å². The molecule has 0 aliphatic heterocycles. The molecule has 0 aliphatic rings. The lowest BCUT2D eigenvalue weighted by molar-refractivity contribution is 0.463. The van der Waals surface area contributed by atoms with Crippen molar-refractivity contribution in [2.75, 3.05) is 6.26 Å². The van der Waals surface area contributed by atoms with Crippen LogP contribution >= 0.6 is 0 Å². The van der Waals surface area contributed by atoms with Crippen LogP contribution in [0, 0.1) is 20.8 Å². The van der Waals surface area contributed by atoms with Crippen LogP contribution < -0.4 is 4.74 Å². The fraction of sp³-hybridized carbons (Fsp3) is 0.250. The molecular formula is C16H18O3S. The second-order valence-corrected chi connectivity index (χ2v) is 7.08. The summed E-state index contributed by atoms with van der Waals surface area (Å²) in [6.45, 7) is 5.71. The quantitative estimate of drug-likeness (QED) is 0.863. The summed E-state index contributed by atoms with van der Waals surface area (Å²) in [5, 5.41) is 0. The van der Waals surface area contributed by atoms with Crippen molar-refractivity contribution < 1.29 is 13.2 Å². The summed E-state index contributed by atoms with van der Waals surface area (Å²) in [5.41, 5.74) is 2.84. The smallest absolute Gasteiger partial charge is 0.179 e. The van der Waals surface area contributed by atoms with Gasteiger partial charge in [-0.05, 0) is 50.1 Å². The van der Waals surface area contributed by atoms with Gasteiger partial charge < -0.3 is 4.74 Å². The fourth-order valence-electron chi connectivity index (χ4n) is 2.05. The van der Waals surface area contributed by atoms with E-state index < -0.39 is 9.84 Å². The Labute approximate surface area is 120 Å². The Hall–Kier alpha value is -1.81. The van der Waals surface area contributed by atoms with Gasteiger partial charge in [0.25, 0.3) is 0 Å². The van der Waals surface area contributed by atoms with Crippen LogP contribution in [0.1, 0.15) is 16.7 Å². The molecule has 0 spiro atoms. The fourth-order valence-corrected chi connectivity index (χ4v) is 2.99. The van der Waals surface area contributed by atoms with Crippen molar-refractivity contribution >= 4 is 9.84 Å². The lowest BCUT2D eigenvalue weighted by Gasteiger charge is -2.14. The number of hydrogen-bond acceptors (Lipinski definition) is 3. The predicted octanol–water partition coefficient (Wildman–Crippen LogP) is 3.81. The zero-order chi connectivity index (χ0) is 14.9. The summed E-state index contributed by atoms with van der Waals surface area (Å²) in [4.78, 5) is 0.232. The van der Waals surface area contributed by atoms with Gasteiger partial charge in [-0.2, -0.15) is 0 Å². The predicted molar refractivity (Wildman–Crippen MR) is 80.3 cm³/mol. The molecule has 0 saturated heterocycles. The number of rotatable bonds is 3. The molecule has 106 valence electrons. The first kappa shape index (κ1) is 14.6. The summed E-state index contributed by atoms with van der Waals surface area (Å²) in [7, 11) is -3.33. The molecule has 0 bridgehead atoms. The van der Waals surface area contributed by atoms with E-state index in [2.05, 4.69) is 0 Å². The van der Waals surface area contributed by atoms with E-state index in [1.54, 1.807) is 6.07 Å². The Morgan fingerprint density at radius 1 is 0.900 bits per heavy atom. The average Bonchev–Trinajstić information content (AvgIpc) is 2.33. The number of ether oxygens (including phenoxy) is 1. The highest BCUT2D eigenvalue weighted by Crippen LogP contribution is 2.33. The molecule has 2 aromatic carbocycles. The van der Waals surface area contributed by atoms with Gasteiger partial charge >= 0.3 is 0 Å². The Bertz CT molecular complexity index is 729. The Morgan fingerprint density at radius 2 is 1.50 bits per heavy atom. The van der Waals surface area contributed by atoms with E-state index in [0.717, 1.165) is 16.7 Å². The molecule has 2 rings (SSSR count). The Kier molecular flexibility index (Phi) is 3.86. The van der Waals surface area contributed by atoms with Gasteiger partial charge in [0, 0.05) is 6.26 Å². The van der Waals surface area contributed by atoms with Gasteiger partial charge in [-0.3, -0.25) is 0 Å².